The lowest BCUT2D eigenvalue weighted by atomic mass is 9.94. The number of carbonyl (C=O) groups is 1. The van der Waals surface area contributed by atoms with Crippen LogP contribution in [0.2, 0.25) is 0 Å². The summed E-state index contributed by atoms with van der Waals surface area (Å²) >= 11 is 0. The van der Waals surface area contributed by atoms with Crippen LogP contribution in [0.5, 0.6) is 0 Å². The highest BCUT2D eigenvalue weighted by Crippen LogP contribution is 2.28. The van der Waals surface area contributed by atoms with E-state index in [2.05, 4.69) is 0 Å². The maximum absolute atomic E-state index is 13.9. The molecule has 0 aliphatic heterocycles. The predicted octanol–water partition coefficient (Wildman–Crippen LogP) is 4.21. The molecule has 2 aromatic rings. The SMILES string of the molecule is CC(CC(=O)O)c1ccc(F)c(-c2ccc(F)cc2)c1. The summed E-state index contributed by atoms with van der Waals surface area (Å²) in [4.78, 5) is 10.7. The summed E-state index contributed by atoms with van der Waals surface area (Å²) in [6.07, 6.45) is -0.0194. The summed E-state index contributed by atoms with van der Waals surface area (Å²) in [5, 5.41) is 8.80. The molecule has 20 heavy (non-hydrogen) atoms. The molecule has 0 aromatic heterocycles. The Hall–Kier alpha value is -2.23. The van der Waals surface area contributed by atoms with Gasteiger partial charge in [0.25, 0.3) is 0 Å². The van der Waals surface area contributed by atoms with Gasteiger partial charge in [0, 0.05) is 5.56 Å². The Bertz CT molecular complexity index is 621. The summed E-state index contributed by atoms with van der Waals surface area (Å²) < 4.78 is 26.8. The third kappa shape index (κ3) is 3.20. The molecule has 104 valence electrons. The van der Waals surface area contributed by atoms with Gasteiger partial charge < -0.3 is 5.11 Å². The number of halogens is 2. The number of hydrogen-bond acceptors (Lipinski definition) is 1. The number of aliphatic carboxylic acids is 1. The Labute approximate surface area is 115 Å². The molecule has 0 saturated carbocycles. The summed E-state index contributed by atoms with van der Waals surface area (Å²) in [7, 11) is 0. The molecular weight excluding hydrogens is 262 g/mol. The van der Waals surface area contributed by atoms with Gasteiger partial charge in [-0.1, -0.05) is 25.1 Å². The molecule has 0 spiro atoms. The Morgan fingerprint density at radius 1 is 1.15 bits per heavy atom. The predicted molar refractivity (Wildman–Crippen MR) is 72.5 cm³/mol. The lowest BCUT2D eigenvalue weighted by Crippen LogP contribution is -2.03. The number of rotatable bonds is 4. The molecule has 0 aliphatic rings. The first kappa shape index (κ1) is 14.2. The first-order valence-electron chi connectivity index (χ1n) is 6.24. The fraction of sp³-hybridized carbons (Fsp3) is 0.188. The van der Waals surface area contributed by atoms with E-state index in [-0.39, 0.29) is 18.2 Å². The van der Waals surface area contributed by atoms with Gasteiger partial charge >= 0.3 is 5.97 Å². The van der Waals surface area contributed by atoms with Crippen LogP contribution in [0.1, 0.15) is 24.8 Å². The van der Waals surface area contributed by atoms with Crippen molar-refractivity contribution in [2.45, 2.75) is 19.3 Å². The molecule has 0 saturated heterocycles. The molecule has 1 atom stereocenters. The van der Waals surface area contributed by atoms with Crippen LogP contribution < -0.4 is 0 Å². The van der Waals surface area contributed by atoms with E-state index in [9.17, 15) is 13.6 Å². The van der Waals surface area contributed by atoms with E-state index >= 15 is 0 Å². The molecular formula is C16H14F2O2. The molecule has 0 bridgehead atoms. The number of carboxylic acid groups (broad SMARTS) is 1. The lowest BCUT2D eigenvalue weighted by molar-refractivity contribution is -0.137. The van der Waals surface area contributed by atoms with E-state index in [0.29, 0.717) is 11.1 Å². The third-order valence-corrected chi connectivity index (χ3v) is 3.20. The van der Waals surface area contributed by atoms with Gasteiger partial charge in [0.2, 0.25) is 0 Å². The highest BCUT2D eigenvalue weighted by Gasteiger charge is 2.13. The Morgan fingerprint density at radius 3 is 2.40 bits per heavy atom. The van der Waals surface area contributed by atoms with E-state index in [1.165, 1.54) is 30.3 Å². The maximum Gasteiger partial charge on any atom is 0.303 e. The number of benzene rings is 2. The van der Waals surface area contributed by atoms with Crippen molar-refractivity contribution in [3.63, 3.8) is 0 Å². The topological polar surface area (TPSA) is 37.3 Å². The van der Waals surface area contributed by atoms with Crippen LogP contribution >= 0.6 is 0 Å². The molecule has 2 aromatic carbocycles. The fourth-order valence-corrected chi connectivity index (χ4v) is 2.08. The van der Waals surface area contributed by atoms with Crippen LogP contribution in [0.3, 0.4) is 0 Å². The van der Waals surface area contributed by atoms with Crippen LogP contribution in [0.4, 0.5) is 8.78 Å². The van der Waals surface area contributed by atoms with E-state index in [0.717, 1.165) is 5.56 Å². The minimum atomic E-state index is -0.898. The third-order valence-electron chi connectivity index (χ3n) is 3.20. The second-order valence-electron chi connectivity index (χ2n) is 4.75. The highest BCUT2D eigenvalue weighted by molar-refractivity contribution is 5.69. The molecule has 2 rings (SSSR count). The van der Waals surface area contributed by atoms with E-state index in [4.69, 9.17) is 5.11 Å². The second-order valence-corrected chi connectivity index (χ2v) is 4.75. The standard InChI is InChI=1S/C16H14F2O2/c1-10(8-16(19)20)12-4-7-15(18)14(9-12)11-2-5-13(17)6-3-11/h2-7,9-10H,8H2,1H3,(H,19,20). The summed E-state index contributed by atoms with van der Waals surface area (Å²) in [5.41, 5.74) is 1.65. The van der Waals surface area contributed by atoms with Crippen molar-refractivity contribution in [1.29, 1.82) is 0 Å². The van der Waals surface area contributed by atoms with Crippen LogP contribution in [0.15, 0.2) is 42.5 Å². The molecule has 0 fully saturated rings. The molecule has 0 amide bonds. The van der Waals surface area contributed by atoms with Crippen LogP contribution in [0, 0.1) is 11.6 Å². The van der Waals surface area contributed by atoms with Crippen molar-refractivity contribution < 1.29 is 18.7 Å². The molecule has 0 heterocycles. The zero-order valence-corrected chi connectivity index (χ0v) is 10.9. The van der Waals surface area contributed by atoms with E-state index < -0.39 is 11.8 Å². The van der Waals surface area contributed by atoms with Crippen LogP contribution in [-0.4, -0.2) is 11.1 Å². The minimum absolute atomic E-state index is 0.0194. The highest BCUT2D eigenvalue weighted by atomic mass is 19.1. The normalized spacial score (nSPS) is 12.2. The zero-order valence-electron chi connectivity index (χ0n) is 10.9. The summed E-state index contributed by atoms with van der Waals surface area (Å²) in [6, 6.07) is 10.0. The van der Waals surface area contributed by atoms with Crippen molar-refractivity contribution in [2.24, 2.45) is 0 Å². The van der Waals surface area contributed by atoms with Crippen molar-refractivity contribution in [1.82, 2.24) is 0 Å². The lowest BCUT2D eigenvalue weighted by Gasteiger charge is -2.12. The smallest absolute Gasteiger partial charge is 0.303 e. The van der Waals surface area contributed by atoms with Gasteiger partial charge in [-0.2, -0.15) is 0 Å². The first-order chi connectivity index (χ1) is 9.47. The largest absolute Gasteiger partial charge is 0.481 e. The van der Waals surface area contributed by atoms with Gasteiger partial charge in [0.15, 0.2) is 0 Å². The van der Waals surface area contributed by atoms with Gasteiger partial charge in [-0.05, 0) is 41.3 Å². The molecule has 2 nitrogen and oxygen atoms in total. The summed E-state index contributed by atoms with van der Waals surface area (Å²) in [5.74, 6) is -1.91. The summed E-state index contributed by atoms with van der Waals surface area (Å²) in [6.45, 7) is 1.77. The van der Waals surface area contributed by atoms with Crippen molar-refractivity contribution >= 4 is 5.97 Å². The molecule has 1 unspecified atom stereocenters. The molecule has 1 N–H and O–H groups in total. The Morgan fingerprint density at radius 2 is 1.80 bits per heavy atom. The number of carboxylic acids is 1. The molecule has 0 radical (unpaired) electrons. The first-order valence-corrected chi connectivity index (χ1v) is 6.24. The van der Waals surface area contributed by atoms with Gasteiger partial charge in [0.1, 0.15) is 11.6 Å². The zero-order chi connectivity index (χ0) is 14.7. The molecule has 0 aliphatic carbocycles. The number of hydrogen-bond donors (Lipinski definition) is 1. The van der Waals surface area contributed by atoms with Crippen molar-refractivity contribution in [3.8, 4) is 11.1 Å². The van der Waals surface area contributed by atoms with Gasteiger partial charge in [-0.15, -0.1) is 0 Å². The second kappa shape index (κ2) is 5.82. The molecule has 4 heteroatoms. The van der Waals surface area contributed by atoms with Crippen molar-refractivity contribution in [3.05, 3.63) is 59.7 Å². The maximum atomic E-state index is 13.9. The quantitative estimate of drug-likeness (QED) is 0.908. The average Bonchev–Trinajstić information content (AvgIpc) is 2.39. The van der Waals surface area contributed by atoms with Gasteiger partial charge in [-0.25, -0.2) is 8.78 Å². The fourth-order valence-electron chi connectivity index (χ4n) is 2.08. The van der Waals surface area contributed by atoms with Crippen LogP contribution in [-0.2, 0) is 4.79 Å². The van der Waals surface area contributed by atoms with Crippen molar-refractivity contribution in [2.75, 3.05) is 0 Å². The van der Waals surface area contributed by atoms with Gasteiger partial charge in [0.05, 0.1) is 6.42 Å². The van der Waals surface area contributed by atoms with Crippen LogP contribution in [0.25, 0.3) is 11.1 Å². The Kier molecular flexibility index (Phi) is 4.13. The monoisotopic (exact) mass is 276 g/mol. The van der Waals surface area contributed by atoms with E-state index in [1.54, 1.807) is 19.1 Å². The Balaban J connectivity index is 2.38. The average molecular weight is 276 g/mol. The van der Waals surface area contributed by atoms with Gasteiger partial charge in [-0.3, -0.25) is 4.79 Å². The minimum Gasteiger partial charge on any atom is -0.481 e. The van der Waals surface area contributed by atoms with E-state index in [1.807, 2.05) is 0 Å².